The van der Waals surface area contributed by atoms with E-state index in [-0.39, 0.29) is 0 Å². The van der Waals surface area contributed by atoms with Gasteiger partial charge in [-0.2, -0.15) is 0 Å². The van der Waals surface area contributed by atoms with Crippen LogP contribution in [0, 0.1) is 0 Å². The Morgan fingerprint density at radius 2 is 1.93 bits per heavy atom. The molecule has 0 aliphatic carbocycles. The first-order valence-corrected chi connectivity index (χ1v) is 5.92. The first-order chi connectivity index (χ1) is 6.70. The first kappa shape index (κ1) is 14.4. The summed E-state index contributed by atoms with van der Waals surface area (Å²) in [6.45, 7) is 3.78. The third-order valence-corrected chi connectivity index (χ3v) is 2.55. The Hall–Kier alpha value is 0.360. The Morgan fingerprint density at radius 1 is 1.21 bits per heavy atom. The molecule has 0 aromatic carbocycles. The number of halogens is 1. The summed E-state index contributed by atoms with van der Waals surface area (Å²) in [7, 11) is 5.61. The number of hydrogen-bond donors (Lipinski definition) is 0. The van der Waals surface area contributed by atoms with Crippen LogP contribution in [0.4, 0.5) is 0 Å². The normalized spacial score (nSPS) is 13.5. The van der Waals surface area contributed by atoms with Gasteiger partial charge in [-0.1, -0.05) is 15.9 Å². The Balaban J connectivity index is 3.30. The van der Waals surface area contributed by atoms with Gasteiger partial charge < -0.3 is 14.4 Å². The van der Waals surface area contributed by atoms with Gasteiger partial charge in [0.2, 0.25) is 0 Å². The lowest BCUT2D eigenvalue weighted by Gasteiger charge is -2.19. The standard InChI is InChI=1S/C10H22BrNO2/c1-12(6-4-5-7-13-2)8-10(11)9-14-3/h10H,4-9H2,1-3H3. The Bertz CT molecular complexity index is 125. The first-order valence-electron chi connectivity index (χ1n) is 5.01. The van der Waals surface area contributed by atoms with Crippen LogP contribution in [0.3, 0.4) is 0 Å². The van der Waals surface area contributed by atoms with Crippen molar-refractivity contribution < 1.29 is 9.47 Å². The molecule has 0 saturated heterocycles. The highest BCUT2D eigenvalue weighted by molar-refractivity contribution is 9.09. The molecule has 0 fully saturated rings. The lowest BCUT2D eigenvalue weighted by molar-refractivity contribution is 0.177. The summed E-state index contributed by atoms with van der Waals surface area (Å²) in [4.78, 5) is 2.74. The van der Waals surface area contributed by atoms with Gasteiger partial charge in [0.25, 0.3) is 0 Å². The number of rotatable bonds is 9. The van der Waals surface area contributed by atoms with Crippen LogP contribution in [-0.4, -0.2) is 57.3 Å². The number of nitrogens with zero attached hydrogens (tertiary/aromatic N) is 1. The molecular weight excluding hydrogens is 246 g/mol. The molecule has 0 amide bonds. The van der Waals surface area contributed by atoms with E-state index in [1.54, 1.807) is 14.2 Å². The van der Waals surface area contributed by atoms with Gasteiger partial charge in [-0.25, -0.2) is 0 Å². The van der Waals surface area contributed by atoms with E-state index in [0.29, 0.717) is 4.83 Å². The second-order valence-electron chi connectivity index (χ2n) is 3.51. The van der Waals surface area contributed by atoms with Crippen molar-refractivity contribution in [1.29, 1.82) is 0 Å². The number of methoxy groups -OCH3 is 2. The van der Waals surface area contributed by atoms with E-state index in [9.17, 15) is 0 Å². The molecule has 0 heterocycles. The predicted octanol–water partition coefficient (Wildman–Crippen LogP) is 1.75. The summed E-state index contributed by atoms with van der Waals surface area (Å²) in [6.07, 6.45) is 2.33. The quantitative estimate of drug-likeness (QED) is 0.470. The average Bonchev–Trinajstić information content (AvgIpc) is 2.13. The molecule has 0 spiro atoms. The maximum atomic E-state index is 5.05. The van der Waals surface area contributed by atoms with Crippen molar-refractivity contribution >= 4 is 15.9 Å². The van der Waals surface area contributed by atoms with E-state index < -0.39 is 0 Å². The topological polar surface area (TPSA) is 21.7 Å². The average molecular weight is 268 g/mol. The van der Waals surface area contributed by atoms with Gasteiger partial charge in [0.15, 0.2) is 0 Å². The van der Waals surface area contributed by atoms with Crippen LogP contribution in [0.15, 0.2) is 0 Å². The fourth-order valence-electron chi connectivity index (χ4n) is 1.29. The highest BCUT2D eigenvalue weighted by atomic mass is 79.9. The van der Waals surface area contributed by atoms with Crippen LogP contribution in [0.1, 0.15) is 12.8 Å². The molecule has 0 saturated carbocycles. The van der Waals surface area contributed by atoms with E-state index in [1.807, 2.05) is 0 Å². The van der Waals surface area contributed by atoms with Crippen LogP contribution in [0.2, 0.25) is 0 Å². The molecule has 1 atom stereocenters. The second kappa shape index (κ2) is 9.90. The van der Waals surface area contributed by atoms with Crippen molar-refractivity contribution in [1.82, 2.24) is 4.90 Å². The van der Waals surface area contributed by atoms with Crippen molar-refractivity contribution in [3.63, 3.8) is 0 Å². The Kier molecular flexibility index (Phi) is 10.2. The van der Waals surface area contributed by atoms with Gasteiger partial charge in [-0.15, -0.1) is 0 Å². The zero-order chi connectivity index (χ0) is 10.8. The summed E-state index contributed by atoms with van der Waals surface area (Å²) in [5.41, 5.74) is 0. The SMILES string of the molecule is COCCCCN(C)CC(Br)COC. The lowest BCUT2D eigenvalue weighted by atomic mass is 10.3. The minimum Gasteiger partial charge on any atom is -0.385 e. The molecule has 14 heavy (non-hydrogen) atoms. The summed E-state index contributed by atoms with van der Waals surface area (Å²) in [5.74, 6) is 0. The monoisotopic (exact) mass is 267 g/mol. The molecule has 0 aromatic rings. The van der Waals surface area contributed by atoms with Crippen LogP contribution in [-0.2, 0) is 9.47 Å². The molecule has 3 nitrogen and oxygen atoms in total. The minimum atomic E-state index is 0.430. The number of hydrogen-bond acceptors (Lipinski definition) is 3. The molecule has 4 heteroatoms. The second-order valence-corrected chi connectivity index (χ2v) is 4.81. The molecule has 86 valence electrons. The smallest absolute Gasteiger partial charge is 0.0600 e. The van der Waals surface area contributed by atoms with E-state index in [0.717, 1.165) is 32.7 Å². The van der Waals surface area contributed by atoms with E-state index in [2.05, 4.69) is 27.9 Å². The molecule has 0 N–H and O–H groups in total. The molecule has 0 aromatic heterocycles. The van der Waals surface area contributed by atoms with Gasteiger partial charge in [-0.3, -0.25) is 0 Å². The van der Waals surface area contributed by atoms with Crippen molar-refractivity contribution in [3.05, 3.63) is 0 Å². The molecule has 0 radical (unpaired) electrons. The largest absolute Gasteiger partial charge is 0.385 e. The maximum Gasteiger partial charge on any atom is 0.0600 e. The minimum absolute atomic E-state index is 0.430. The van der Waals surface area contributed by atoms with Gasteiger partial charge in [0, 0.05) is 27.4 Å². The summed E-state index contributed by atoms with van der Waals surface area (Å²) >= 11 is 3.57. The molecule has 0 aliphatic heterocycles. The molecule has 0 rings (SSSR count). The van der Waals surface area contributed by atoms with Crippen molar-refractivity contribution in [2.24, 2.45) is 0 Å². The van der Waals surface area contributed by atoms with Gasteiger partial charge in [0.05, 0.1) is 11.4 Å². The lowest BCUT2D eigenvalue weighted by Crippen LogP contribution is -2.29. The fraction of sp³-hybridized carbons (Fsp3) is 1.00. The third-order valence-electron chi connectivity index (χ3n) is 2.00. The zero-order valence-corrected chi connectivity index (χ0v) is 11.0. The van der Waals surface area contributed by atoms with Crippen LogP contribution < -0.4 is 0 Å². The number of unbranched alkanes of at least 4 members (excludes halogenated alkanes) is 1. The van der Waals surface area contributed by atoms with E-state index in [4.69, 9.17) is 9.47 Å². The number of ether oxygens (including phenoxy) is 2. The molecule has 0 aliphatic rings. The van der Waals surface area contributed by atoms with Gasteiger partial charge in [-0.05, 0) is 26.4 Å². The summed E-state index contributed by atoms with van der Waals surface area (Å²) in [5, 5.41) is 0. The van der Waals surface area contributed by atoms with E-state index in [1.165, 1.54) is 6.42 Å². The third kappa shape index (κ3) is 8.94. The molecule has 1 unspecified atom stereocenters. The maximum absolute atomic E-state index is 5.05. The fourth-order valence-corrected chi connectivity index (χ4v) is 2.05. The van der Waals surface area contributed by atoms with Crippen molar-refractivity contribution in [2.45, 2.75) is 17.7 Å². The Labute approximate surface area is 95.9 Å². The summed E-state index contributed by atoms with van der Waals surface area (Å²) in [6, 6.07) is 0. The predicted molar refractivity (Wildman–Crippen MR) is 63.2 cm³/mol. The van der Waals surface area contributed by atoms with Crippen LogP contribution >= 0.6 is 15.9 Å². The highest BCUT2D eigenvalue weighted by Gasteiger charge is 2.06. The van der Waals surface area contributed by atoms with Crippen LogP contribution in [0.25, 0.3) is 0 Å². The molecule has 0 bridgehead atoms. The van der Waals surface area contributed by atoms with Crippen LogP contribution in [0.5, 0.6) is 0 Å². The summed E-state index contributed by atoms with van der Waals surface area (Å²) < 4.78 is 10.0. The van der Waals surface area contributed by atoms with Crippen molar-refractivity contribution in [3.8, 4) is 0 Å². The van der Waals surface area contributed by atoms with Gasteiger partial charge >= 0.3 is 0 Å². The number of alkyl halides is 1. The zero-order valence-electron chi connectivity index (χ0n) is 9.46. The Morgan fingerprint density at radius 3 is 2.50 bits per heavy atom. The van der Waals surface area contributed by atoms with Gasteiger partial charge in [0.1, 0.15) is 0 Å². The highest BCUT2D eigenvalue weighted by Crippen LogP contribution is 2.03. The van der Waals surface area contributed by atoms with Crippen molar-refractivity contribution in [2.75, 3.05) is 47.6 Å². The molecular formula is C10H22BrNO2. The van der Waals surface area contributed by atoms with E-state index >= 15 is 0 Å².